The van der Waals surface area contributed by atoms with Crippen LogP contribution in [0.5, 0.6) is 11.5 Å². The summed E-state index contributed by atoms with van der Waals surface area (Å²) >= 11 is 6.08. The number of benzene rings is 2. The van der Waals surface area contributed by atoms with Gasteiger partial charge in [0, 0.05) is 5.56 Å². The molecule has 0 radical (unpaired) electrons. The number of amides is 2. The third-order valence-corrected chi connectivity index (χ3v) is 4.64. The maximum Gasteiger partial charge on any atom is 0.262 e. The third-order valence-electron chi connectivity index (χ3n) is 4.31. The van der Waals surface area contributed by atoms with Crippen molar-refractivity contribution >= 4 is 29.6 Å². The molecule has 1 unspecified atom stereocenters. The Labute approximate surface area is 187 Å². The second kappa shape index (κ2) is 11.8. The van der Waals surface area contributed by atoms with Gasteiger partial charge in [-0.2, -0.15) is 5.10 Å². The van der Waals surface area contributed by atoms with Gasteiger partial charge in [-0.3, -0.25) is 9.59 Å². The van der Waals surface area contributed by atoms with Gasteiger partial charge in [0.05, 0.1) is 23.9 Å². The van der Waals surface area contributed by atoms with Crippen LogP contribution in [0.2, 0.25) is 5.02 Å². The first-order valence-electron chi connectivity index (χ1n) is 9.68. The minimum absolute atomic E-state index is 0.176. The molecule has 0 heterocycles. The highest BCUT2D eigenvalue weighted by atomic mass is 35.5. The van der Waals surface area contributed by atoms with Crippen LogP contribution < -0.4 is 20.2 Å². The Balaban J connectivity index is 2.12. The standard InChI is InChI=1S/C23H26ClN3O4/c1-5-13-31-21-16(9-8-12-19(21)30-4)14-25-27-23(29)20(15(2)3)26-22(28)17-10-6-7-11-18(17)24/h5-12,14-15,20H,1,13H2,2-4H3,(H,26,28)(H,27,29)/b25-14-. The first kappa shape index (κ1) is 24.0. The van der Waals surface area contributed by atoms with Gasteiger partial charge in [-0.05, 0) is 30.2 Å². The van der Waals surface area contributed by atoms with Gasteiger partial charge in [0.15, 0.2) is 11.5 Å². The predicted octanol–water partition coefficient (Wildman–Crippen LogP) is 3.82. The van der Waals surface area contributed by atoms with Crippen molar-refractivity contribution in [2.75, 3.05) is 13.7 Å². The first-order chi connectivity index (χ1) is 14.9. The van der Waals surface area contributed by atoms with E-state index in [4.69, 9.17) is 21.1 Å². The third kappa shape index (κ3) is 6.58. The van der Waals surface area contributed by atoms with Crippen LogP contribution in [0.15, 0.2) is 60.2 Å². The van der Waals surface area contributed by atoms with Crippen LogP contribution in [0.1, 0.15) is 29.8 Å². The summed E-state index contributed by atoms with van der Waals surface area (Å²) in [5.41, 5.74) is 3.38. The van der Waals surface area contributed by atoms with Crippen molar-refractivity contribution in [3.8, 4) is 11.5 Å². The zero-order valence-corrected chi connectivity index (χ0v) is 18.5. The molecule has 0 aromatic heterocycles. The molecular formula is C23H26ClN3O4. The number of halogens is 1. The Bertz CT molecular complexity index is 960. The zero-order valence-electron chi connectivity index (χ0n) is 17.7. The van der Waals surface area contributed by atoms with Gasteiger partial charge in [-0.1, -0.05) is 56.3 Å². The smallest absolute Gasteiger partial charge is 0.262 e. The molecule has 2 rings (SSSR count). The van der Waals surface area contributed by atoms with E-state index in [1.54, 1.807) is 48.5 Å². The van der Waals surface area contributed by atoms with Gasteiger partial charge in [-0.25, -0.2) is 5.43 Å². The van der Waals surface area contributed by atoms with E-state index >= 15 is 0 Å². The molecule has 31 heavy (non-hydrogen) atoms. The lowest BCUT2D eigenvalue weighted by molar-refractivity contribution is -0.123. The van der Waals surface area contributed by atoms with Crippen molar-refractivity contribution in [2.24, 2.45) is 11.0 Å². The molecule has 0 spiro atoms. The van der Waals surface area contributed by atoms with E-state index in [0.29, 0.717) is 27.6 Å². The lowest BCUT2D eigenvalue weighted by Gasteiger charge is -2.20. The maximum absolute atomic E-state index is 12.7. The molecule has 0 aliphatic carbocycles. The average Bonchev–Trinajstić information content (AvgIpc) is 2.76. The summed E-state index contributed by atoms with van der Waals surface area (Å²) in [4.78, 5) is 25.2. The minimum Gasteiger partial charge on any atom is -0.493 e. The molecule has 0 saturated carbocycles. The van der Waals surface area contributed by atoms with Crippen LogP contribution >= 0.6 is 11.6 Å². The highest BCUT2D eigenvalue weighted by Gasteiger charge is 2.25. The summed E-state index contributed by atoms with van der Waals surface area (Å²) in [7, 11) is 1.54. The van der Waals surface area contributed by atoms with E-state index in [9.17, 15) is 9.59 Å². The molecule has 8 heteroatoms. The number of rotatable bonds is 10. The molecule has 0 aliphatic heterocycles. The van der Waals surface area contributed by atoms with Crippen molar-refractivity contribution < 1.29 is 19.1 Å². The predicted molar refractivity (Wildman–Crippen MR) is 122 cm³/mol. The van der Waals surface area contributed by atoms with Crippen molar-refractivity contribution in [1.82, 2.24) is 10.7 Å². The number of nitrogens with one attached hydrogen (secondary N) is 2. The summed E-state index contributed by atoms with van der Waals surface area (Å²) in [5.74, 6) is -0.0519. The highest BCUT2D eigenvalue weighted by molar-refractivity contribution is 6.33. The SMILES string of the molecule is C=CCOc1c(/C=N\NC(=O)C(NC(=O)c2ccccc2Cl)C(C)C)cccc1OC. The Hall–Kier alpha value is -3.32. The van der Waals surface area contributed by atoms with Gasteiger partial charge in [0.2, 0.25) is 0 Å². The largest absolute Gasteiger partial charge is 0.493 e. The second-order valence-corrected chi connectivity index (χ2v) is 7.29. The zero-order chi connectivity index (χ0) is 22.8. The molecule has 0 bridgehead atoms. The van der Waals surface area contributed by atoms with E-state index in [2.05, 4.69) is 22.4 Å². The van der Waals surface area contributed by atoms with Gasteiger partial charge in [0.25, 0.3) is 11.8 Å². The number of para-hydroxylation sites is 1. The van der Waals surface area contributed by atoms with Crippen molar-refractivity contribution in [2.45, 2.75) is 19.9 Å². The van der Waals surface area contributed by atoms with Crippen LogP contribution in [-0.2, 0) is 4.79 Å². The maximum atomic E-state index is 12.7. The molecule has 164 valence electrons. The lowest BCUT2D eigenvalue weighted by atomic mass is 10.0. The van der Waals surface area contributed by atoms with E-state index in [1.165, 1.54) is 13.3 Å². The molecule has 2 aromatic carbocycles. The van der Waals surface area contributed by atoms with Crippen LogP contribution in [0, 0.1) is 5.92 Å². The first-order valence-corrected chi connectivity index (χ1v) is 10.1. The second-order valence-electron chi connectivity index (χ2n) is 6.89. The minimum atomic E-state index is -0.803. The fourth-order valence-electron chi connectivity index (χ4n) is 2.73. The van der Waals surface area contributed by atoms with Crippen LogP contribution in [0.4, 0.5) is 0 Å². The molecule has 2 aromatic rings. The van der Waals surface area contributed by atoms with Crippen molar-refractivity contribution in [1.29, 1.82) is 0 Å². The summed E-state index contributed by atoms with van der Waals surface area (Å²) < 4.78 is 11.0. The van der Waals surface area contributed by atoms with Gasteiger partial charge in [-0.15, -0.1) is 0 Å². The summed E-state index contributed by atoms with van der Waals surface area (Å²) in [6, 6.07) is 11.2. The number of carbonyl (C=O) groups excluding carboxylic acids is 2. The molecular weight excluding hydrogens is 418 g/mol. The highest BCUT2D eigenvalue weighted by Crippen LogP contribution is 2.30. The molecule has 7 nitrogen and oxygen atoms in total. The summed E-state index contributed by atoms with van der Waals surface area (Å²) in [5, 5.41) is 7.05. The normalized spacial score (nSPS) is 11.8. The molecule has 1 atom stereocenters. The monoisotopic (exact) mass is 443 g/mol. The van der Waals surface area contributed by atoms with E-state index in [-0.39, 0.29) is 12.5 Å². The van der Waals surface area contributed by atoms with Crippen molar-refractivity contribution in [3.63, 3.8) is 0 Å². The fourth-order valence-corrected chi connectivity index (χ4v) is 2.95. The molecule has 0 saturated heterocycles. The summed E-state index contributed by atoms with van der Waals surface area (Å²) in [6.45, 7) is 7.57. The Morgan fingerprint density at radius 3 is 2.58 bits per heavy atom. The Morgan fingerprint density at radius 1 is 1.19 bits per heavy atom. The average molecular weight is 444 g/mol. The number of hydrazone groups is 1. The summed E-state index contributed by atoms with van der Waals surface area (Å²) in [6.07, 6.45) is 3.07. The molecule has 2 amide bonds. The quantitative estimate of drug-likeness (QED) is 0.332. The van der Waals surface area contributed by atoms with Crippen LogP contribution in [0.3, 0.4) is 0 Å². The van der Waals surface area contributed by atoms with Crippen molar-refractivity contribution in [3.05, 3.63) is 71.3 Å². The fraction of sp³-hybridized carbons (Fsp3) is 0.261. The number of nitrogens with zero attached hydrogens (tertiary/aromatic N) is 1. The number of hydrogen-bond donors (Lipinski definition) is 2. The molecule has 0 aliphatic rings. The number of ether oxygens (including phenoxy) is 2. The Kier molecular flexibility index (Phi) is 9.09. The lowest BCUT2D eigenvalue weighted by Crippen LogP contribution is -2.48. The van der Waals surface area contributed by atoms with Gasteiger partial charge in [0.1, 0.15) is 12.6 Å². The number of carbonyl (C=O) groups is 2. The molecule has 0 fully saturated rings. The van der Waals surface area contributed by atoms with Gasteiger partial charge >= 0.3 is 0 Å². The number of methoxy groups -OCH3 is 1. The Morgan fingerprint density at radius 2 is 1.94 bits per heavy atom. The topological polar surface area (TPSA) is 89.0 Å². The van der Waals surface area contributed by atoms with Gasteiger partial charge < -0.3 is 14.8 Å². The van der Waals surface area contributed by atoms with E-state index < -0.39 is 17.9 Å². The number of hydrogen-bond acceptors (Lipinski definition) is 5. The van der Waals surface area contributed by atoms with E-state index in [0.717, 1.165) is 0 Å². The van der Waals surface area contributed by atoms with Crippen LogP contribution in [0.25, 0.3) is 0 Å². The molecule has 2 N–H and O–H groups in total. The van der Waals surface area contributed by atoms with Crippen LogP contribution in [-0.4, -0.2) is 37.8 Å². The van der Waals surface area contributed by atoms with E-state index in [1.807, 2.05) is 13.8 Å².